The summed E-state index contributed by atoms with van der Waals surface area (Å²) in [6.45, 7) is 2.00. The molecule has 0 fully saturated rings. The first-order valence-electron chi connectivity index (χ1n) is 6.31. The minimum atomic E-state index is -0.0795. The Morgan fingerprint density at radius 3 is 2.60 bits per heavy atom. The number of anilines is 2. The minimum Gasteiger partial charge on any atom is -0.399 e. The zero-order chi connectivity index (χ0) is 14.5. The molecule has 5 heteroatoms. The summed E-state index contributed by atoms with van der Waals surface area (Å²) < 4.78 is 0. The van der Waals surface area contributed by atoms with Crippen LogP contribution in [-0.4, -0.2) is 10.9 Å². The lowest BCUT2D eigenvalue weighted by atomic mass is 9.97. The van der Waals surface area contributed by atoms with Crippen molar-refractivity contribution in [1.29, 1.82) is 0 Å². The summed E-state index contributed by atoms with van der Waals surface area (Å²) in [6, 6.07) is 10.9. The second-order valence-electron chi connectivity index (χ2n) is 4.68. The first kappa shape index (κ1) is 14.3. The molecule has 1 heterocycles. The molecule has 4 nitrogen and oxygen atoms in total. The third-order valence-electron chi connectivity index (χ3n) is 2.99. The van der Waals surface area contributed by atoms with Gasteiger partial charge in [-0.1, -0.05) is 30.7 Å². The quantitative estimate of drug-likeness (QED) is 0.847. The van der Waals surface area contributed by atoms with E-state index in [2.05, 4.69) is 10.3 Å². The average Bonchev–Trinajstić information content (AvgIpc) is 2.42. The van der Waals surface area contributed by atoms with Gasteiger partial charge in [0, 0.05) is 18.3 Å². The highest BCUT2D eigenvalue weighted by Gasteiger charge is 2.11. The van der Waals surface area contributed by atoms with Crippen LogP contribution in [0.5, 0.6) is 0 Å². The molecular formula is C15H16ClN3O. The van der Waals surface area contributed by atoms with E-state index in [-0.39, 0.29) is 11.8 Å². The topological polar surface area (TPSA) is 68.0 Å². The van der Waals surface area contributed by atoms with Gasteiger partial charge in [0.25, 0.3) is 0 Å². The molecule has 0 spiro atoms. The summed E-state index contributed by atoms with van der Waals surface area (Å²) in [4.78, 5) is 16.0. The van der Waals surface area contributed by atoms with E-state index in [1.54, 1.807) is 12.1 Å². The number of carbonyl (C=O) groups excluding carboxylic acids is 1. The number of hydrogen-bond acceptors (Lipinski definition) is 3. The third-order valence-corrected chi connectivity index (χ3v) is 3.22. The van der Waals surface area contributed by atoms with Gasteiger partial charge in [-0.05, 0) is 35.7 Å². The lowest BCUT2D eigenvalue weighted by molar-refractivity contribution is -0.116. The number of halogens is 1. The van der Waals surface area contributed by atoms with Crippen LogP contribution in [0.4, 0.5) is 11.5 Å². The van der Waals surface area contributed by atoms with E-state index in [0.717, 1.165) is 11.3 Å². The second kappa shape index (κ2) is 6.39. The van der Waals surface area contributed by atoms with E-state index in [1.807, 2.05) is 31.2 Å². The van der Waals surface area contributed by atoms with E-state index in [1.165, 1.54) is 6.20 Å². The Morgan fingerprint density at radius 2 is 2.00 bits per heavy atom. The number of nitrogens with two attached hydrogens (primary N) is 1. The van der Waals surface area contributed by atoms with Crippen LogP contribution in [-0.2, 0) is 4.79 Å². The van der Waals surface area contributed by atoms with E-state index >= 15 is 0 Å². The molecule has 1 aromatic carbocycles. The van der Waals surface area contributed by atoms with E-state index in [9.17, 15) is 4.79 Å². The Morgan fingerprint density at radius 1 is 1.30 bits per heavy atom. The maximum atomic E-state index is 11.9. The van der Waals surface area contributed by atoms with Crippen molar-refractivity contribution in [2.24, 2.45) is 0 Å². The molecule has 104 valence electrons. The van der Waals surface area contributed by atoms with Gasteiger partial charge in [0.05, 0.1) is 5.02 Å². The Hall–Kier alpha value is -2.07. The SMILES string of the molecule is CC(CC(=O)Nc1ccc(Cl)cn1)c1ccc(N)cc1. The number of pyridine rings is 1. The molecule has 1 amide bonds. The zero-order valence-electron chi connectivity index (χ0n) is 11.1. The average molecular weight is 290 g/mol. The number of nitrogen functional groups attached to an aromatic ring is 1. The maximum Gasteiger partial charge on any atom is 0.226 e. The van der Waals surface area contributed by atoms with Crippen molar-refractivity contribution in [2.45, 2.75) is 19.3 Å². The molecule has 0 aliphatic rings. The smallest absolute Gasteiger partial charge is 0.226 e. The highest BCUT2D eigenvalue weighted by molar-refractivity contribution is 6.30. The van der Waals surface area contributed by atoms with Gasteiger partial charge in [-0.2, -0.15) is 0 Å². The molecule has 0 radical (unpaired) electrons. The summed E-state index contributed by atoms with van der Waals surface area (Å²) in [6.07, 6.45) is 1.88. The molecule has 0 saturated carbocycles. The molecular weight excluding hydrogens is 274 g/mol. The van der Waals surface area contributed by atoms with Gasteiger partial charge in [-0.25, -0.2) is 4.98 Å². The zero-order valence-corrected chi connectivity index (χ0v) is 11.9. The molecule has 1 atom stereocenters. The van der Waals surface area contributed by atoms with Crippen molar-refractivity contribution in [3.63, 3.8) is 0 Å². The fourth-order valence-corrected chi connectivity index (χ4v) is 1.98. The minimum absolute atomic E-state index is 0.0795. The van der Waals surface area contributed by atoms with Crippen LogP contribution in [0.25, 0.3) is 0 Å². The standard InChI is InChI=1S/C15H16ClN3O/c1-10(11-2-5-13(17)6-3-11)8-15(20)19-14-7-4-12(16)9-18-14/h2-7,9-10H,8,17H2,1H3,(H,18,19,20). The molecule has 0 aliphatic heterocycles. The van der Waals surface area contributed by atoms with Gasteiger partial charge in [-0.3, -0.25) is 4.79 Å². The van der Waals surface area contributed by atoms with Gasteiger partial charge in [0.2, 0.25) is 5.91 Å². The predicted molar refractivity (Wildman–Crippen MR) is 81.8 cm³/mol. The second-order valence-corrected chi connectivity index (χ2v) is 5.12. The van der Waals surface area contributed by atoms with Crippen molar-refractivity contribution < 1.29 is 4.79 Å². The fraction of sp³-hybridized carbons (Fsp3) is 0.200. The largest absolute Gasteiger partial charge is 0.399 e. The van der Waals surface area contributed by atoms with E-state index in [4.69, 9.17) is 17.3 Å². The van der Waals surface area contributed by atoms with Crippen LogP contribution in [0.2, 0.25) is 5.02 Å². The molecule has 1 unspecified atom stereocenters. The highest BCUT2D eigenvalue weighted by Crippen LogP contribution is 2.20. The van der Waals surface area contributed by atoms with Crippen LogP contribution in [0.15, 0.2) is 42.6 Å². The first-order valence-corrected chi connectivity index (χ1v) is 6.69. The monoisotopic (exact) mass is 289 g/mol. The molecule has 0 saturated heterocycles. The van der Waals surface area contributed by atoms with Crippen LogP contribution >= 0.6 is 11.6 Å². The Bertz CT molecular complexity index is 581. The van der Waals surface area contributed by atoms with Crippen molar-refractivity contribution in [2.75, 3.05) is 11.1 Å². The number of nitrogens with zero attached hydrogens (tertiary/aromatic N) is 1. The number of rotatable bonds is 4. The van der Waals surface area contributed by atoms with Crippen LogP contribution in [0.1, 0.15) is 24.8 Å². The highest BCUT2D eigenvalue weighted by atomic mass is 35.5. The fourth-order valence-electron chi connectivity index (χ4n) is 1.86. The molecule has 0 aliphatic carbocycles. The van der Waals surface area contributed by atoms with Crippen molar-refractivity contribution >= 4 is 29.0 Å². The first-order chi connectivity index (χ1) is 9.54. The van der Waals surface area contributed by atoms with Gasteiger partial charge >= 0.3 is 0 Å². The lowest BCUT2D eigenvalue weighted by Gasteiger charge is -2.12. The summed E-state index contributed by atoms with van der Waals surface area (Å²) in [5.41, 5.74) is 7.44. The molecule has 20 heavy (non-hydrogen) atoms. The summed E-state index contributed by atoms with van der Waals surface area (Å²) >= 11 is 5.74. The molecule has 3 N–H and O–H groups in total. The molecule has 2 aromatic rings. The Kier molecular flexibility index (Phi) is 4.58. The number of aromatic nitrogens is 1. The maximum absolute atomic E-state index is 11.9. The van der Waals surface area contributed by atoms with Crippen LogP contribution < -0.4 is 11.1 Å². The van der Waals surface area contributed by atoms with Crippen LogP contribution in [0.3, 0.4) is 0 Å². The van der Waals surface area contributed by atoms with Crippen LogP contribution in [0, 0.1) is 0 Å². The van der Waals surface area contributed by atoms with E-state index in [0.29, 0.717) is 17.3 Å². The Balaban J connectivity index is 1.93. The predicted octanol–water partition coefficient (Wildman–Crippen LogP) is 3.45. The summed E-state index contributed by atoms with van der Waals surface area (Å²) in [5, 5.41) is 3.29. The number of benzene rings is 1. The van der Waals surface area contributed by atoms with Gasteiger partial charge in [0.1, 0.15) is 5.82 Å². The number of nitrogens with one attached hydrogen (secondary N) is 1. The van der Waals surface area contributed by atoms with Crippen molar-refractivity contribution in [3.05, 3.63) is 53.2 Å². The number of carbonyl (C=O) groups is 1. The lowest BCUT2D eigenvalue weighted by Crippen LogP contribution is -2.15. The normalized spacial score (nSPS) is 11.9. The van der Waals surface area contributed by atoms with Crippen molar-refractivity contribution in [3.8, 4) is 0 Å². The van der Waals surface area contributed by atoms with Crippen molar-refractivity contribution in [1.82, 2.24) is 4.98 Å². The van der Waals surface area contributed by atoms with E-state index < -0.39 is 0 Å². The number of amides is 1. The summed E-state index contributed by atoms with van der Waals surface area (Å²) in [5.74, 6) is 0.538. The van der Waals surface area contributed by atoms with Gasteiger partial charge in [-0.15, -0.1) is 0 Å². The Labute approximate surface area is 123 Å². The molecule has 2 rings (SSSR count). The van der Waals surface area contributed by atoms with Gasteiger partial charge < -0.3 is 11.1 Å². The third kappa shape index (κ3) is 3.96. The number of hydrogen-bond donors (Lipinski definition) is 2. The summed E-state index contributed by atoms with van der Waals surface area (Å²) in [7, 11) is 0. The molecule has 1 aromatic heterocycles. The molecule has 0 bridgehead atoms. The van der Waals surface area contributed by atoms with Gasteiger partial charge in [0.15, 0.2) is 0 Å².